The quantitative estimate of drug-likeness (QED) is 0.339. The van der Waals surface area contributed by atoms with E-state index in [0.717, 1.165) is 82.3 Å². The van der Waals surface area contributed by atoms with Crippen molar-refractivity contribution in [1.29, 1.82) is 0 Å². The van der Waals surface area contributed by atoms with Gasteiger partial charge < -0.3 is 10.2 Å². The van der Waals surface area contributed by atoms with Crippen molar-refractivity contribution in [3.05, 3.63) is 29.8 Å². The van der Waals surface area contributed by atoms with Crippen LogP contribution in [0.2, 0.25) is 0 Å². The highest BCUT2D eigenvalue weighted by molar-refractivity contribution is 5.94. The Morgan fingerprint density at radius 3 is 1.90 bits per heavy atom. The Balaban J connectivity index is 1.46. The van der Waals surface area contributed by atoms with Gasteiger partial charge in [-0.2, -0.15) is 13.2 Å². The molecule has 170 valence electrons. The van der Waals surface area contributed by atoms with Crippen LogP contribution < -0.4 is 5.32 Å². The molecule has 1 aliphatic heterocycles. The predicted molar refractivity (Wildman–Crippen MR) is 117 cm³/mol. The third kappa shape index (κ3) is 10.4. The van der Waals surface area contributed by atoms with E-state index in [0.29, 0.717) is 6.42 Å². The second-order valence-corrected chi connectivity index (χ2v) is 8.40. The second-order valence-electron chi connectivity index (χ2n) is 8.40. The molecule has 0 saturated carbocycles. The zero-order valence-corrected chi connectivity index (χ0v) is 18.1. The van der Waals surface area contributed by atoms with Crippen LogP contribution in [0, 0.1) is 0 Å². The molecule has 1 amide bonds. The highest BCUT2D eigenvalue weighted by Gasteiger charge is 2.25. The summed E-state index contributed by atoms with van der Waals surface area (Å²) < 4.78 is 36.1. The molecule has 1 aromatic rings. The molecule has 6 heteroatoms. The Hall–Kier alpha value is -1.72. The highest BCUT2D eigenvalue weighted by atomic mass is 19.4. The van der Waals surface area contributed by atoms with Gasteiger partial charge in [0.1, 0.15) is 0 Å². The number of rotatable bonds is 13. The fourth-order valence-electron chi connectivity index (χ4n) is 3.93. The van der Waals surface area contributed by atoms with Crippen molar-refractivity contribution in [1.82, 2.24) is 4.90 Å². The van der Waals surface area contributed by atoms with Gasteiger partial charge in [0.2, 0.25) is 0 Å². The average Bonchev–Trinajstić information content (AvgIpc) is 2.74. The number of amides is 1. The first-order valence-corrected chi connectivity index (χ1v) is 11.7. The Kier molecular flexibility index (Phi) is 11.1. The minimum absolute atomic E-state index is 0.140. The van der Waals surface area contributed by atoms with Gasteiger partial charge in [0, 0.05) is 37.3 Å². The topological polar surface area (TPSA) is 32.3 Å². The van der Waals surface area contributed by atoms with Gasteiger partial charge in [-0.05, 0) is 56.4 Å². The lowest BCUT2D eigenvalue weighted by molar-refractivity contribution is -0.135. The van der Waals surface area contributed by atoms with Crippen LogP contribution >= 0.6 is 0 Å². The van der Waals surface area contributed by atoms with Crippen molar-refractivity contribution < 1.29 is 18.0 Å². The fraction of sp³-hybridized carbons (Fsp3) is 0.708. The van der Waals surface area contributed by atoms with Crippen LogP contribution in [0.25, 0.3) is 0 Å². The number of alkyl halides is 3. The van der Waals surface area contributed by atoms with Crippen LogP contribution in [0.15, 0.2) is 24.3 Å². The summed E-state index contributed by atoms with van der Waals surface area (Å²) in [6.45, 7) is 2.66. The predicted octanol–water partition coefficient (Wildman–Crippen LogP) is 7.19. The van der Waals surface area contributed by atoms with Gasteiger partial charge in [0.25, 0.3) is 5.91 Å². The molecule has 0 atom stereocenters. The molecule has 1 aromatic carbocycles. The van der Waals surface area contributed by atoms with Crippen LogP contribution in [-0.4, -0.2) is 36.6 Å². The summed E-state index contributed by atoms with van der Waals surface area (Å²) in [5.74, 6) is 0.140. The summed E-state index contributed by atoms with van der Waals surface area (Å²) in [6.07, 6.45) is 7.40. The van der Waals surface area contributed by atoms with E-state index >= 15 is 0 Å². The lowest BCUT2D eigenvalue weighted by Gasteiger charge is -2.26. The summed E-state index contributed by atoms with van der Waals surface area (Å²) in [6, 6.07) is 7.79. The SMILES string of the molecule is O=C(c1ccc(NCCCCCCCCCCCC(F)(F)F)cc1)N1CCCCC1. The van der Waals surface area contributed by atoms with Crippen LogP contribution in [0.5, 0.6) is 0 Å². The first-order chi connectivity index (χ1) is 14.5. The number of piperidine rings is 1. The van der Waals surface area contributed by atoms with Gasteiger partial charge in [0.15, 0.2) is 0 Å². The zero-order chi connectivity index (χ0) is 21.7. The van der Waals surface area contributed by atoms with Gasteiger partial charge in [-0.3, -0.25) is 4.79 Å². The van der Waals surface area contributed by atoms with Crippen LogP contribution in [0.4, 0.5) is 18.9 Å². The molecule has 1 heterocycles. The molecule has 1 aliphatic rings. The maximum atomic E-state index is 12.5. The van der Waals surface area contributed by atoms with E-state index in [1.807, 2.05) is 29.2 Å². The number of benzene rings is 1. The van der Waals surface area contributed by atoms with Gasteiger partial charge in [-0.15, -0.1) is 0 Å². The smallest absolute Gasteiger partial charge is 0.385 e. The molecule has 1 saturated heterocycles. The molecular formula is C24H37F3N2O. The molecule has 1 N–H and O–H groups in total. The van der Waals surface area contributed by atoms with Crippen molar-refractivity contribution in [2.45, 2.75) is 89.6 Å². The lowest BCUT2D eigenvalue weighted by atomic mass is 10.1. The largest absolute Gasteiger partial charge is 0.389 e. The first-order valence-electron chi connectivity index (χ1n) is 11.7. The van der Waals surface area contributed by atoms with Gasteiger partial charge in [-0.25, -0.2) is 0 Å². The van der Waals surface area contributed by atoms with E-state index in [1.165, 1.54) is 12.8 Å². The summed E-state index contributed by atoms with van der Waals surface area (Å²) in [4.78, 5) is 14.4. The normalized spacial score (nSPS) is 14.7. The molecule has 1 fully saturated rings. The number of anilines is 1. The zero-order valence-electron chi connectivity index (χ0n) is 18.1. The standard InChI is InChI=1S/C24H37F3N2O/c25-24(26,27)17-9-6-4-2-1-3-5-7-10-18-28-22-15-13-21(14-16-22)23(30)29-19-11-8-12-20-29/h13-16,28H,1-12,17-20H2. The molecule has 0 unspecified atom stereocenters. The average molecular weight is 427 g/mol. The van der Waals surface area contributed by atoms with E-state index < -0.39 is 12.6 Å². The van der Waals surface area contributed by atoms with E-state index in [2.05, 4.69) is 5.32 Å². The number of nitrogens with one attached hydrogen (secondary N) is 1. The van der Waals surface area contributed by atoms with Gasteiger partial charge in [0.05, 0.1) is 0 Å². The lowest BCUT2D eigenvalue weighted by Crippen LogP contribution is -2.35. The first kappa shape index (κ1) is 24.5. The minimum Gasteiger partial charge on any atom is -0.385 e. The van der Waals surface area contributed by atoms with Crippen molar-refractivity contribution in [2.24, 2.45) is 0 Å². The Bertz CT molecular complexity index is 595. The fourth-order valence-corrected chi connectivity index (χ4v) is 3.93. The van der Waals surface area contributed by atoms with Gasteiger partial charge >= 0.3 is 6.18 Å². The van der Waals surface area contributed by atoms with Crippen molar-refractivity contribution in [2.75, 3.05) is 25.0 Å². The minimum atomic E-state index is -4.00. The molecule has 0 aliphatic carbocycles. The number of halogens is 3. The highest BCUT2D eigenvalue weighted by Crippen LogP contribution is 2.23. The summed E-state index contributed by atoms with van der Waals surface area (Å²) in [7, 11) is 0. The number of carbonyl (C=O) groups excluding carboxylic acids is 1. The summed E-state index contributed by atoms with van der Waals surface area (Å²) >= 11 is 0. The monoisotopic (exact) mass is 426 g/mol. The number of likely N-dealkylation sites (tertiary alicyclic amines) is 1. The summed E-state index contributed by atoms with van der Waals surface area (Å²) in [5.41, 5.74) is 1.81. The molecule has 2 rings (SSSR count). The molecule has 3 nitrogen and oxygen atoms in total. The number of unbranched alkanes of at least 4 members (excludes halogenated alkanes) is 8. The third-order valence-corrected chi connectivity index (χ3v) is 5.74. The number of nitrogens with zero attached hydrogens (tertiary/aromatic N) is 1. The number of hydrogen-bond acceptors (Lipinski definition) is 2. The maximum absolute atomic E-state index is 12.5. The van der Waals surface area contributed by atoms with Crippen molar-refractivity contribution in [3.8, 4) is 0 Å². The van der Waals surface area contributed by atoms with E-state index in [4.69, 9.17) is 0 Å². The molecule has 0 radical (unpaired) electrons. The van der Waals surface area contributed by atoms with E-state index in [1.54, 1.807) is 0 Å². The molecule has 30 heavy (non-hydrogen) atoms. The summed E-state index contributed by atoms with van der Waals surface area (Å²) in [5, 5.41) is 3.41. The van der Waals surface area contributed by atoms with Crippen molar-refractivity contribution in [3.63, 3.8) is 0 Å². The Labute approximate surface area is 179 Å². The molecule has 0 spiro atoms. The Morgan fingerprint density at radius 1 is 0.800 bits per heavy atom. The molecule has 0 bridgehead atoms. The van der Waals surface area contributed by atoms with Crippen molar-refractivity contribution >= 4 is 11.6 Å². The maximum Gasteiger partial charge on any atom is 0.389 e. The Morgan fingerprint density at radius 2 is 1.33 bits per heavy atom. The van der Waals surface area contributed by atoms with E-state index in [-0.39, 0.29) is 12.3 Å². The number of carbonyl (C=O) groups is 1. The van der Waals surface area contributed by atoms with Crippen LogP contribution in [0.1, 0.15) is 93.8 Å². The van der Waals surface area contributed by atoms with Gasteiger partial charge in [-0.1, -0.05) is 44.9 Å². The third-order valence-electron chi connectivity index (χ3n) is 5.74. The number of hydrogen-bond donors (Lipinski definition) is 1. The van der Waals surface area contributed by atoms with E-state index in [9.17, 15) is 18.0 Å². The molecular weight excluding hydrogens is 389 g/mol. The van der Waals surface area contributed by atoms with Crippen LogP contribution in [0.3, 0.4) is 0 Å². The second kappa shape index (κ2) is 13.6. The molecule has 0 aromatic heterocycles. The van der Waals surface area contributed by atoms with Crippen LogP contribution in [-0.2, 0) is 0 Å².